The Labute approximate surface area is 119 Å². The smallest absolute Gasteiger partial charge is 0.420 e. The highest BCUT2D eigenvalue weighted by Crippen LogP contribution is 2.37. The van der Waals surface area contributed by atoms with Gasteiger partial charge >= 0.3 is 6.18 Å². The number of nitrogens with one attached hydrogen (secondary N) is 1. The standard InChI is InChI=1S/C13H15F3N2OS/c1-7(2)12-18-10-5-8(6-17-20-3)4-9(11(10)19-12)13(14,15)16/h4-5,7,17H,6H2,1-3H3. The third kappa shape index (κ3) is 3.09. The summed E-state index contributed by atoms with van der Waals surface area (Å²) < 4.78 is 47.6. The van der Waals surface area contributed by atoms with Crippen molar-refractivity contribution < 1.29 is 17.6 Å². The van der Waals surface area contributed by atoms with Crippen LogP contribution in [0.3, 0.4) is 0 Å². The fourth-order valence-corrected chi connectivity index (χ4v) is 2.13. The van der Waals surface area contributed by atoms with Crippen molar-refractivity contribution in [3.63, 3.8) is 0 Å². The second-order valence-corrected chi connectivity index (χ2v) is 5.42. The summed E-state index contributed by atoms with van der Waals surface area (Å²) in [4.78, 5) is 4.15. The van der Waals surface area contributed by atoms with Crippen LogP contribution in [0.1, 0.15) is 36.8 Å². The van der Waals surface area contributed by atoms with E-state index in [4.69, 9.17) is 4.42 Å². The molecule has 1 aromatic heterocycles. The molecule has 2 rings (SSSR count). The Morgan fingerprint density at radius 2 is 2.05 bits per heavy atom. The average molecular weight is 304 g/mol. The topological polar surface area (TPSA) is 38.1 Å². The van der Waals surface area contributed by atoms with Gasteiger partial charge in [-0.25, -0.2) is 4.98 Å². The maximum atomic E-state index is 13.1. The molecule has 1 aromatic carbocycles. The van der Waals surface area contributed by atoms with Gasteiger partial charge in [-0.15, -0.1) is 0 Å². The summed E-state index contributed by atoms with van der Waals surface area (Å²) in [5.74, 6) is 0.261. The quantitative estimate of drug-likeness (QED) is 0.853. The molecule has 0 saturated carbocycles. The molecule has 0 aliphatic rings. The van der Waals surface area contributed by atoms with Gasteiger partial charge in [-0.2, -0.15) is 13.2 Å². The lowest BCUT2D eigenvalue weighted by atomic mass is 10.1. The normalized spacial score (nSPS) is 12.6. The van der Waals surface area contributed by atoms with Gasteiger partial charge < -0.3 is 4.42 Å². The second kappa shape index (κ2) is 5.65. The van der Waals surface area contributed by atoms with Crippen molar-refractivity contribution in [2.24, 2.45) is 0 Å². The van der Waals surface area contributed by atoms with Gasteiger partial charge in [-0.3, -0.25) is 4.72 Å². The van der Waals surface area contributed by atoms with Crippen molar-refractivity contribution >= 4 is 23.0 Å². The highest BCUT2D eigenvalue weighted by atomic mass is 32.2. The SMILES string of the molecule is CSNCc1cc(C(F)(F)F)c2oc(C(C)C)nc2c1. The van der Waals surface area contributed by atoms with E-state index in [1.807, 2.05) is 20.1 Å². The predicted octanol–water partition coefficient (Wildman–Crippen LogP) is 4.34. The minimum absolute atomic E-state index is 0.0590. The molecule has 3 nitrogen and oxygen atoms in total. The Morgan fingerprint density at radius 3 is 2.60 bits per heavy atom. The van der Waals surface area contributed by atoms with Crippen molar-refractivity contribution in [1.82, 2.24) is 9.71 Å². The first-order chi connectivity index (χ1) is 9.32. The molecule has 0 bridgehead atoms. The van der Waals surface area contributed by atoms with Gasteiger partial charge in [0.25, 0.3) is 0 Å². The zero-order valence-corrected chi connectivity index (χ0v) is 12.2. The van der Waals surface area contributed by atoms with Crippen molar-refractivity contribution in [1.29, 1.82) is 0 Å². The lowest BCUT2D eigenvalue weighted by Crippen LogP contribution is -2.08. The van der Waals surface area contributed by atoms with Crippen LogP contribution in [0.2, 0.25) is 0 Å². The fourth-order valence-electron chi connectivity index (χ4n) is 1.82. The van der Waals surface area contributed by atoms with Gasteiger partial charge in [-0.1, -0.05) is 25.8 Å². The first-order valence-corrected chi connectivity index (χ1v) is 7.31. The lowest BCUT2D eigenvalue weighted by molar-refractivity contribution is -0.136. The van der Waals surface area contributed by atoms with Crippen LogP contribution in [0, 0.1) is 0 Å². The molecule has 1 N–H and O–H groups in total. The van der Waals surface area contributed by atoms with Gasteiger partial charge in [0.05, 0.1) is 0 Å². The third-order valence-electron chi connectivity index (χ3n) is 2.79. The molecule has 2 aromatic rings. The van der Waals surface area contributed by atoms with Crippen LogP contribution in [0.15, 0.2) is 16.5 Å². The Bertz CT molecular complexity index is 607. The van der Waals surface area contributed by atoms with E-state index in [-0.39, 0.29) is 17.0 Å². The summed E-state index contributed by atoms with van der Waals surface area (Å²) in [6, 6.07) is 2.74. The molecule has 20 heavy (non-hydrogen) atoms. The summed E-state index contributed by atoms with van der Waals surface area (Å²) in [5, 5.41) is 0. The van der Waals surface area contributed by atoms with Gasteiger partial charge in [0.1, 0.15) is 11.1 Å². The second-order valence-electron chi connectivity index (χ2n) is 4.72. The Kier molecular flexibility index (Phi) is 4.29. The van der Waals surface area contributed by atoms with E-state index in [0.29, 0.717) is 18.0 Å². The number of nitrogens with zero attached hydrogens (tertiary/aromatic N) is 1. The fraction of sp³-hybridized carbons (Fsp3) is 0.462. The number of rotatable bonds is 4. The number of fused-ring (bicyclic) bond motifs is 1. The molecule has 0 fully saturated rings. The minimum Gasteiger partial charge on any atom is -0.440 e. The molecular weight excluding hydrogens is 289 g/mol. The number of halogens is 3. The number of hydrogen-bond acceptors (Lipinski definition) is 4. The van der Waals surface area contributed by atoms with E-state index in [1.165, 1.54) is 11.9 Å². The summed E-state index contributed by atoms with van der Waals surface area (Å²) in [5.41, 5.74) is -0.175. The summed E-state index contributed by atoms with van der Waals surface area (Å²) in [6.45, 7) is 3.99. The summed E-state index contributed by atoms with van der Waals surface area (Å²) in [7, 11) is 0. The van der Waals surface area contributed by atoms with Crippen molar-refractivity contribution in [3.8, 4) is 0 Å². The number of alkyl halides is 3. The number of aromatic nitrogens is 1. The predicted molar refractivity (Wildman–Crippen MR) is 73.5 cm³/mol. The van der Waals surface area contributed by atoms with E-state index in [0.717, 1.165) is 6.07 Å². The largest absolute Gasteiger partial charge is 0.440 e. The Morgan fingerprint density at radius 1 is 1.35 bits per heavy atom. The van der Waals surface area contributed by atoms with E-state index in [9.17, 15) is 13.2 Å². The van der Waals surface area contributed by atoms with Crippen LogP contribution in [0.4, 0.5) is 13.2 Å². The van der Waals surface area contributed by atoms with Crippen molar-refractivity contribution in [2.75, 3.05) is 6.26 Å². The molecular formula is C13H15F3N2OS. The number of oxazole rings is 1. The minimum atomic E-state index is -4.46. The van der Waals surface area contributed by atoms with E-state index in [1.54, 1.807) is 6.07 Å². The zero-order chi connectivity index (χ0) is 14.9. The first kappa shape index (κ1) is 15.2. The van der Waals surface area contributed by atoms with Crippen LogP contribution in [0.5, 0.6) is 0 Å². The molecule has 0 aliphatic heterocycles. The molecule has 110 valence electrons. The van der Waals surface area contributed by atoms with Gasteiger partial charge in [-0.05, 0) is 24.0 Å². The number of benzene rings is 1. The van der Waals surface area contributed by atoms with Gasteiger partial charge in [0, 0.05) is 12.5 Å². The first-order valence-electron chi connectivity index (χ1n) is 6.09. The molecule has 0 amide bonds. The average Bonchev–Trinajstić information content (AvgIpc) is 2.77. The molecule has 0 unspecified atom stereocenters. The van der Waals surface area contributed by atoms with Crippen molar-refractivity contribution in [3.05, 3.63) is 29.2 Å². The highest BCUT2D eigenvalue weighted by Gasteiger charge is 2.35. The van der Waals surface area contributed by atoms with Crippen LogP contribution >= 0.6 is 11.9 Å². The van der Waals surface area contributed by atoms with E-state index < -0.39 is 11.7 Å². The van der Waals surface area contributed by atoms with Gasteiger partial charge in [0.2, 0.25) is 0 Å². The van der Waals surface area contributed by atoms with Crippen LogP contribution in [0.25, 0.3) is 11.1 Å². The molecule has 0 atom stereocenters. The Balaban J connectivity index is 2.59. The van der Waals surface area contributed by atoms with E-state index >= 15 is 0 Å². The molecule has 0 radical (unpaired) electrons. The summed E-state index contributed by atoms with van der Waals surface area (Å²) in [6.07, 6.45) is -2.64. The van der Waals surface area contributed by atoms with Crippen LogP contribution < -0.4 is 4.72 Å². The molecule has 7 heteroatoms. The molecule has 0 saturated heterocycles. The van der Waals surface area contributed by atoms with Crippen LogP contribution in [-0.4, -0.2) is 11.2 Å². The molecule has 0 spiro atoms. The maximum Gasteiger partial charge on any atom is 0.420 e. The third-order valence-corrected chi connectivity index (χ3v) is 3.22. The Hall–Kier alpha value is -1.21. The maximum absolute atomic E-state index is 13.1. The van der Waals surface area contributed by atoms with Crippen LogP contribution in [-0.2, 0) is 12.7 Å². The zero-order valence-electron chi connectivity index (χ0n) is 11.3. The lowest BCUT2D eigenvalue weighted by Gasteiger charge is -2.09. The van der Waals surface area contributed by atoms with Crippen molar-refractivity contribution in [2.45, 2.75) is 32.5 Å². The molecule has 0 aliphatic carbocycles. The van der Waals surface area contributed by atoms with Gasteiger partial charge in [0.15, 0.2) is 11.5 Å². The monoisotopic (exact) mass is 304 g/mol. The molecule has 1 heterocycles. The highest BCUT2D eigenvalue weighted by molar-refractivity contribution is 7.96. The summed E-state index contributed by atoms with van der Waals surface area (Å²) >= 11 is 1.35. The van der Waals surface area contributed by atoms with E-state index in [2.05, 4.69) is 9.71 Å². The number of hydrogen-bond donors (Lipinski definition) is 1.